The third kappa shape index (κ3) is 6.15. The molecule has 0 saturated heterocycles. The molecule has 0 aliphatic heterocycles. The molecule has 0 heterocycles. The van der Waals surface area contributed by atoms with Crippen molar-refractivity contribution in [2.45, 2.75) is 13.3 Å². The average Bonchev–Trinajstić information content (AvgIpc) is 2.51. The summed E-state index contributed by atoms with van der Waals surface area (Å²) in [5.41, 5.74) is 2.56. The second kappa shape index (κ2) is 9.61. The fourth-order valence-corrected chi connectivity index (χ4v) is 1.71. The zero-order valence-corrected chi connectivity index (χ0v) is 12.5. The number of aromatic hydroxyl groups is 1. The summed E-state index contributed by atoms with van der Waals surface area (Å²) in [6.45, 7) is 2.66. The lowest BCUT2D eigenvalue weighted by Crippen LogP contribution is -1.84. The van der Waals surface area contributed by atoms with Crippen LogP contribution in [0.4, 0.5) is 0 Å². The maximum absolute atomic E-state index is 9.35. The maximum Gasteiger partial charge on any atom is 0.115 e. The number of hydrogen-bond donors (Lipinski definition) is 2. The predicted octanol–water partition coefficient (Wildman–Crippen LogP) is 4.39. The van der Waals surface area contributed by atoms with Crippen molar-refractivity contribution in [2.24, 2.45) is 0 Å². The van der Waals surface area contributed by atoms with Crippen molar-refractivity contribution in [3.05, 3.63) is 72.0 Å². The number of rotatable bonds is 7. The van der Waals surface area contributed by atoms with Gasteiger partial charge in [0.2, 0.25) is 0 Å². The van der Waals surface area contributed by atoms with E-state index in [0.717, 1.165) is 23.8 Å². The summed E-state index contributed by atoms with van der Waals surface area (Å²) in [4.78, 5) is 0. The Labute approximate surface area is 126 Å². The number of allylic oxidation sites excluding steroid dienone is 6. The first-order valence-electron chi connectivity index (χ1n) is 6.85. The number of methoxy groups -OCH3 is 1. The van der Waals surface area contributed by atoms with Gasteiger partial charge in [-0.1, -0.05) is 42.5 Å². The van der Waals surface area contributed by atoms with E-state index in [1.807, 2.05) is 37.3 Å². The van der Waals surface area contributed by atoms with Gasteiger partial charge in [0.25, 0.3) is 0 Å². The minimum atomic E-state index is 0.204. The first-order chi connectivity index (χ1) is 10.2. The van der Waals surface area contributed by atoms with Gasteiger partial charge in [-0.3, -0.25) is 0 Å². The molecule has 1 aromatic carbocycles. The van der Waals surface area contributed by atoms with Gasteiger partial charge in [0.15, 0.2) is 0 Å². The molecular formula is C18H22O3. The first kappa shape index (κ1) is 16.8. The number of hydrogen-bond acceptors (Lipinski definition) is 3. The van der Waals surface area contributed by atoms with Gasteiger partial charge >= 0.3 is 0 Å². The highest BCUT2D eigenvalue weighted by Crippen LogP contribution is 2.19. The standard InChI is InChI=1S/C18H22O3/c1-3-15(6-4-5-13-21-2)7-8-17(14-19)16-9-11-18(20)12-10-16/h3-4,6-12,14,19-20H,5,13H2,1-2H3/b6-4+,8-7-,15-3-,17-14-. The summed E-state index contributed by atoms with van der Waals surface area (Å²) in [5, 5.41) is 18.6. The number of ether oxygens (including phenoxy) is 1. The zero-order chi connectivity index (χ0) is 15.5. The lowest BCUT2D eigenvalue weighted by molar-refractivity contribution is 0.204. The molecule has 3 nitrogen and oxygen atoms in total. The van der Waals surface area contributed by atoms with E-state index >= 15 is 0 Å². The third-order valence-electron chi connectivity index (χ3n) is 2.93. The van der Waals surface area contributed by atoms with Crippen LogP contribution in [0.1, 0.15) is 18.9 Å². The molecule has 112 valence electrons. The molecule has 0 unspecified atom stereocenters. The van der Waals surface area contributed by atoms with Crippen LogP contribution in [0.2, 0.25) is 0 Å². The van der Waals surface area contributed by atoms with Crippen LogP contribution in [-0.2, 0) is 4.74 Å². The molecule has 0 radical (unpaired) electrons. The average molecular weight is 286 g/mol. The van der Waals surface area contributed by atoms with Crippen LogP contribution in [0.15, 0.2) is 66.5 Å². The van der Waals surface area contributed by atoms with Gasteiger partial charge in [0.1, 0.15) is 5.75 Å². The van der Waals surface area contributed by atoms with Crippen LogP contribution in [0.25, 0.3) is 5.57 Å². The largest absolute Gasteiger partial charge is 0.515 e. The minimum absolute atomic E-state index is 0.204. The van der Waals surface area contributed by atoms with Crippen molar-refractivity contribution >= 4 is 5.57 Å². The molecule has 0 spiro atoms. The Morgan fingerprint density at radius 1 is 1.14 bits per heavy atom. The van der Waals surface area contributed by atoms with Gasteiger partial charge < -0.3 is 14.9 Å². The lowest BCUT2D eigenvalue weighted by Gasteiger charge is -2.02. The van der Waals surface area contributed by atoms with Crippen LogP contribution in [-0.4, -0.2) is 23.9 Å². The highest BCUT2D eigenvalue weighted by molar-refractivity contribution is 5.74. The van der Waals surface area contributed by atoms with E-state index < -0.39 is 0 Å². The molecule has 0 aliphatic carbocycles. The summed E-state index contributed by atoms with van der Waals surface area (Å²) in [6, 6.07) is 6.69. The highest BCUT2D eigenvalue weighted by Gasteiger charge is 1.98. The van der Waals surface area contributed by atoms with Crippen LogP contribution >= 0.6 is 0 Å². The molecule has 0 atom stereocenters. The maximum atomic E-state index is 9.35. The van der Waals surface area contributed by atoms with E-state index in [-0.39, 0.29) is 5.75 Å². The number of benzene rings is 1. The Morgan fingerprint density at radius 2 is 1.86 bits per heavy atom. The Bertz CT molecular complexity index is 534. The van der Waals surface area contributed by atoms with Crippen molar-refractivity contribution in [1.29, 1.82) is 0 Å². The number of aliphatic hydroxyl groups is 1. The molecule has 1 rings (SSSR count). The van der Waals surface area contributed by atoms with Crippen molar-refractivity contribution in [3.63, 3.8) is 0 Å². The molecule has 0 bridgehead atoms. The summed E-state index contributed by atoms with van der Waals surface area (Å²) in [6.07, 6.45) is 11.7. The Balaban J connectivity index is 2.75. The second-order valence-electron chi connectivity index (χ2n) is 4.44. The summed E-state index contributed by atoms with van der Waals surface area (Å²) in [7, 11) is 1.68. The third-order valence-corrected chi connectivity index (χ3v) is 2.93. The summed E-state index contributed by atoms with van der Waals surface area (Å²) >= 11 is 0. The van der Waals surface area contributed by atoms with Crippen LogP contribution in [0, 0.1) is 0 Å². The number of phenolic OH excluding ortho intramolecular Hbond substituents is 1. The topological polar surface area (TPSA) is 49.7 Å². The van der Waals surface area contributed by atoms with E-state index in [2.05, 4.69) is 0 Å². The van der Waals surface area contributed by atoms with Crippen molar-refractivity contribution in [1.82, 2.24) is 0 Å². The van der Waals surface area contributed by atoms with Gasteiger partial charge in [-0.05, 0) is 36.6 Å². The Morgan fingerprint density at radius 3 is 2.43 bits per heavy atom. The van der Waals surface area contributed by atoms with Crippen LogP contribution in [0.5, 0.6) is 5.75 Å². The fraction of sp³-hybridized carbons (Fsp3) is 0.222. The monoisotopic (exact) mass is 286 g/mol. The molecule has 3 heteroatoms. The quantitative estimate of drug-likeness (QED) is 0.444. The van der Waals surface area contributed by atoms with Gasteiger partial charge in [-0.2, -0.15) is 0 Å². The molecule has 0 fully saturated rings. The predicted molar refractivity (Wildman–Crippen MR) is 87.2 cm³/mol. The SMILES string of the molecule is C/C=C(\C=C/C(=C/O)c1ccc(O)cc1)/C=C/CCOC. The molecule has 21 heavy (non-hydrogen) atoms. The summed E-state index contributed by atoms with van der Waals surface area (Å²) in [5.74, 6) is 0.204. The molecular weight excluding hydrogens is 264 g/mol. The molecule has 2 N–H and O–H groups in total. The van der Waals surface area contributed by atoms with E-state index in [1.54, 1.807) is 31.4 Å². The smallest absolute Gasteiger partial charge is 0.115 e. The van der Waals surface area contributed by atoms with Gasteiger partial charge in [-0.15, -0.1) is 0 Å². The van der Waals surface area contributed by atoms with Crippen molar-refractivity contribution in [2.75, 3.05) is 13.7 Å². The molecule has 1 aromatic rings. The second-order valence-corrected chi connectivity index (χ2v) is 4.44. The van der Waals surface area contributed by atoms with E-state index in [9.17, 15) is 10.2 Å². The van der Waals surface area contributed by atoms with Crippen molar-refractivity contribution in [3.8, 4) is 5.75 Å². The highest BCUT2D eigenvalue weighted by atomic mass is 16.5. The lowest BCUT2D eigenvalue weighted by atomic mass is 10.1. The molecule has 0 aliphatic rings. The van der Waals surface area contributed by atoms with E-state index in [4.69, 9.17) is 4.74 Å². The van der Waals surface area contributed by atoms with Gasteiger partial charge in [0.05, 0.1) is 6.26 Å². The first-order valence-corrected chi connectivity index (χ1v) is 6.85. The molecule has 0 aromatic heterocycles. The van der Waals surface area contributed by atoms with Gasteiger partial charge in [-0.25, -0.2) is 0 Å². The Hall–Kier alpha value is -2.26. The summed E-state index contributed by atoms with van der Waals surface area (Å²) < 4.78 is 4.99. The zero-order valence-electron chi connectivity index (χ0n) is 12.5. The van der Waals surface area contributed by atoms with Crippen LogP contribution in [0.3, 0.4) is 0 Å². The fourth-order valence-electron chi connectivity index (χ4n) is 1.71. The van der Waals surface area contributed by atoms with E-state index in [0.29, 0.717) is 12.2 Å². The Kier molecular flexibility index (Phi) is 7.69. The number of phenols is 1. The molecule has 0 saturated carbocycles. The minimum Gasteiger partial charge on any atom is -0.515 e. The van der Waals surface area contributed by atoms with Crippen molar-refractivity contribution < 1.29 is 14.9 Å². The van der Waals surface area contributed by atoms with Gasteiger partial charge in [0, 0.05) is 19.3 Å². The number of aliphatic hydroxyl groups excluding tert-OH is 1. The normalized spacial score (nSPS) is 13.4. The van der Waals surface area contributed by atoms with E-state index in [1.165, 1.54) is 0 Å². The van der Waals surface area contributed by atoms with Crippen LogP contribution < -0.4 is 0 Å². The molecule has 0 amide bonds.